The molecule has 1 aromatic rings. The molecule has 0 saturated heterocycles. The highest BCUT2D eigenvalue weighted by Crippen LogP contribution is 2.30. The maximum atomic E-state index is 10.6. The molecule has 1 atom stereocenters. The average molecular weight is 267 g/mol. The van der Waals surface area contributed by atoms with Crippen LogP contribution in [0.3, 0.4) is 0 Å². The number of benzene rings is 1. The number of hydrogen-bond donors (Lipinski definition) is 3. The largest absolute Gasteiger partial charge is 0.397 e. The minimum absolute atomic E-state index is 0.0289. The molecule has 0 fully saturated rings. The van der Waals surface area contributed by atoms with Crippen LogP contribution in [-0.4, -0.2) is 22.7 Å². The molecule has 0 saturated carbocycles. The van der Waals surface area contributed by atoms with Crippen molar-refractivity contribution in [3.05, 3.63) is 28.3 Å². The summed E-state index contributed by atoms with van der Waals surface area (Å²) >= 11 is 0. The van der Waals surface area contributed by atoms with Gasteiger partial charge in [-0.05, 0) is 17.9 Å². The zero-order chi connectivity index (χ0) is 14.6. The second kappa shape index (κ2) is 5.88. The molecule has 0 radical (unpaired) electrons. The van der Waals surface area contributed by atoms with Crippen LogP contribution in [0.1, 0.15) is 27.2 Å². The Morgan fingerprint density at radius 3 is 2.53 bits per heavy atom. The SMILES string of the molecule is CC(C)(C)C(CCO)Nc1ccc([N+](=O)[O-])cc1N. The van der Waals surface area contributed by atoms with Crippen LogP contribution < -0.4 is 11.1 Å². The van der Waals surface area contributed by atoms with Gasteiger partial charge in [0.1, 0.15) is 0 Å². The van der Waals surface area contributed by atoms with E-state index in [4.69, 9.17) is 10.8 Å². The van der Waals surface area contributed by atoms with Gasteiger partial charge in [0.2, 0.25) is 0 Å². The van der Waals surface area contributed by atoms with Crippen molar-refractivity contribution in [3.8, 4) is 0 Å². The third-order valence-electron chi connectivity index (χ3n) is 3.04. The molecule has 106 valence electrons. The molecule has 19 heavy (non-hydrogen) atoms. The molecule has 0 bridgehead atoms. The molecule has 0 spiro atoms. The van der Waals surface area contributed by atoms with Crippen molar-refractivity contribution in [1.82, 2.24) is 0 Å². The summed E-state index contributed by atoms with van der Waals surface area (Å²) in [4.78, 5) is 10.2. The molecule has 0 amide bonds. The van der Waals surface area contributed by atoms with Gasteiger partial charge in [-0.2, -0.15) is 0 Å². The van der Waals surface area contributed by atoms with Gasteiger partial charge in [0.15, 0.2) is 0 Å². The molecule has 6 nitrogen and oxygen atoms in total. The van der Waals surface area contributed by atoms with E-state index in [2.05, 4.69) is 26.1 Å². The quantitative estimate of drug-likeness (QED) is 0.432. The molecule has 1 unspecified atom stereocenters. The molecule has 0 aliphatic carbocycles. The van der Waals surface area contributed by atoms with Crippen LogP contribution >= 0.6 is 0 Å². The van der Waals surface area contributed by atoms with Gasteiger partial charge in [-0.15, -0.1) is 0 Å². The van der Waals surface area contributed by atoms with E-state index in [9.17, 15) is 10.1 Å². The summed E-state index contributed by atoms with van der Waals surface area (Å²) in [6.45, 7) is 6.24. The van der Waals surface area contributed by atoms with Crippen LogP contribution in [0.25, 0.3) is 0 Å². The molecule has 0 heterocycles. The first kappa shape index (κ1) is 15.2. The van der Waals surface area contributed by atoms with Gasteiger partial charge < -0.3 is 16.2 Å². The minimum Gasteiger partial charge on any atom is -0.397 e. The van der Waals surface area contributed by atoms with E-state index in [1.54, 1.807) is 6.07 Å². The Bertz CT molecular complexity index is 455. The van der Waals surface area contributed by atoms with Crippen molar-refractivity contribution in [1.29, 1.82) is 0 Å². The van der Waals surface area contributed by atoms with Crippen LogP contribution in [0.15, 0.2) is 18.2 Å². The van der Waals surface area contributed by atoms with Crippen molar-refractivity contribution < 1.29 is 10.0 Å². The highest BCUT2D eigenvalue weighted by molar-refractivity contribution is 5.69. The Balaban J connectivity index is 2.94. The highest BCUT2D eigenvalue weighted by atomic mass is 16.6. The molecule has 0 aliphatic heterocycles. The average Bonchev–Trinajstić information content (AvgIpc) is 2.29. The predicted octanol–water partition coefficient (Wildman–Crippen LogP) is 2.39. The van der Waals surface area contributed by atoms with Gasteiger partial charge in [0.25, 0.3) is 5.69 Å². The summed E-state index contributed by atoms with van der Waals surface area (Å²) < 4.78 is 0. The lowest BCUT2D eigenvalue weighted by Gasteiger charge is -2.32. The predicted molar refractivity (Wildman–Crippen MR) is 76.1 cm³/mol. The second-order valence-electron chi connectivity index (χ2n) is 5.60. The van der Waals surface area contributed by atoms with Crippen LogP contribution in [0.4, 0.5) is 17.1 Å². The summed E-state index contributed by atoms with van der Waals surface area (Å²) in [6, 6.07) is 4.38. The molecule has 1 aromatic carbocycles. The van der Waals surface area contributed by atoms with E-state index >= 15 is 0 Å². The number of rotatable bonds is 5. The van der Waals surface area contributed by atoms with E-state index in [0.29, 0.717) is 17.8 Å². The first-order valence-corrected chi connectivity index (χ1v) is 6.17. The maximum Gasteiger partial charge on any atom is 0.271 e. The zero-order valence-corrected chi connectivity index (χ0v) is 11.5. The summed E-state index contributed by atoms with van der Waals surface area (Å²) in [7, 11) is 0. The number of nitro benzene ring substituents is 1. The Morgan fingerprint density at radius 1 is 1.47 bits per heavy atom. The van der Waals surface area contributed by atoms with E-state index in [1.807, 2.05) is 0 Å². The second-order valence-corrected chi connectivity index (χ2v) is 5.60. The molecule has 1 rings (SSSR count). The van der Waals surface area contributed by atoms with Crippen molar-refractivity contribution in [2.45, 2.75) is 33.2 Å². The van der Waals surface area contributed by atoms with Crippen LogP contribution in [0, 0.1) is 15.5 Å². The topological polar surface area (TPSA) is 101 Å². The maximum absolute atomic E-state index is 10.6. The van der Waals surface area contributed by atoms with E-state index in [0.717, 1.165) is 0 Å². The van der Waals surface area contributed by atoms with E-state index in [-0.39, 0.29) is 23.8 Å². The normalized spacial score (nSPS) is 13.1. The van der Waals surface area contributed by atoms with Crippen molar-refractivity contribution in [2.24, 2.45) is 5.41 Å². The smallest absolute Gasteiger partial charge is 0.271 e. The van der Waals surface area contributed by atoms with Crippen LogP contribution in [0.2, 0.25) is 0 Å². The number of nitrogens with one attached hydrogen (secondary N) is 1. The number of anilines is 2. The number of nitro groups is 1. The standard InChI is InChI=1S/C13H21N3O3/c1-13(2,3)12(6-7-17)15-11-5-4-9(16(18)19)8-10(11)14/h4-5,8,12,15,17H,6-7,14H2,1-3H3. The lowest BCUT2D eigenvalue weighted by Crippen LogP contribution is -2.35. The van der Waals surface area contributed by atoms with Crippen LogP contribution in [0.5, 0.6) is 0 Å². The number of nitrogens with two attached hydrogens (primary N) is 1. The van der Waals surface area contributed by atoms with Crippen LogP contribution in [-0.2, 0) is 0 Å². The number of nitrogens with zero attached hydrogens (tertiary/aromatic N) is 1. The van der Waals surface area contributed by atoms with Gasteiger partial charge in [-0.3, -0.25) is 10.1 Å². The highest BCUT2D eigenvalue weighted by Gasteiger charge is 2.24. The summed E-state index contributed by atoms with van der Waals surface area (Å²) in [5.74, 6) is 0. The number of aliphatic hydroxyl groups excluding tert-OH is 1. The lowest BCUT2D eigenvalue weighted by atomic mass is 9.84. The van der Waals surface area contributed by atoms with Gasteiger partial charge in [0.05, 0.1) is 16.3 Å². The van der Waals surface area contributed by atoms with E-state index in [1.165, 1.54) is 12.1 Å². The fraction of sp³-hybridized carbons (Fsp3) is 0.538. The molecule has 0 aromatic heterocycles. The first-order chi connectivity index (χ1) is 8.75. The first-order valence-electron chi connectivity index (χ1n) is 6.17. The summed E-state index contributed by atoms with van der Waals surface area (Å²) in [6.07, 6.45) is 0.583. The Kier molecular flexibility index (Phi) is 4.72. The molecular weight excluding hydrogens is 246 g/mol. The monoisotopic (exact) mass is 267 g/mol. The fourth-order valence-electron chi connectivity index (χ4n) is 1.83. The van der Waals surface area contributed by atoms with E-state index < -0.39 is 4.92 Å². The number of non-ortho nitro benzene ring substituents is 1. The molecule has 4 N–H and O–H groups in total. The lowest BCUT2D eigenvalue weighted by molar-refractivity contribution is -0.384. The number of nitrogen functional groups attached to an aromatic ring is 1. The van der Waals surface area contributed by atoms with Gasteiger partial charge in [-0.25, -0.2) is 0 Å². The third kappa shape index (κ3) is 4.10. The third-order valence-corrected chi connectivity index (χ3v) is 3.04. The Morgan fingerprint density at radius 2 is 2.11 bits per heavy atom. The summed E-state index contributed by atoms with van der Waals surface area (Å²) in [5.41, 5.74) is 6.72. The van der Waals surface area contributed by atoms with Crippen molar-refractivity contribution >= 4 is 17.1 Å². The number of hydrogen-bond acceptors (Lipinski definition) is 5. The number of aliphatic hydroxyl groups is 1. The van der Waals surface area contributed by atoms with Gasteiger partial charge in [0, 0.05) is 24.8 Å². The minimum atomic E-state index is -0.477. The zero-order valence-electron chi connectivity index (χ0n) is 11.5. The van der Waals surface area contributed by atoms with Gasteiger partial charge in [-0.1, -0.05) is 20.8 Å². The molecular formula is C13H21N3O3. The Labute approximate surface area is 112 Å². The van der Waals surface area contributed by atoms with Crippen molar-refractivity contribution in [3.63, 3.8) is 0 Å². The molecule has 0 aliphatic rings. The van der Waals surface area contributed by atoms with Crippen molar-refractivity contribution in [2.75, 3.05) is 17.7 Å². The molecule has 6 heteroatoms. The van der Waals surface area contributed by atoms with Gasteiger partial charge >= 0.3 is 0 Å². The fourth-order valence-corrected chi connectivity index (χ4v) is 1.83. The summed E-state index contributed by atoms with van der Waals surface area (Å²) in [5, 5.41) is 23.0. The Hall–Kier alpha value is -1.82.